The van der Waals surface area contributed by atoms with Gasteiger partial charge in [0.15, 0.2) is 11.5 Å². The number of hydrogen-bond acceptors (Lipinski definition) is 7. The predicted octanol–water partition coefficient (Wildman–Crippen LogP) is 3.21. The lowest BCUT2D eigenvalue weighted by Crippen LogP contribution is -2.27. The molecule has 0 aliphatic carbocycles. The highest BCUT2D eigenvalue weighted by molar-refractivity contribution is 5.60. The number of para-hydroxylation sites is 1. The first-order chi connectivity index (χ1) is 13.9. The molecule has 9 heteroatoms. The number of halogens is 2. The molecule has 3 rings (SSSR count). The third-order valence-electron chi connectivity index (χ3n) is 4.23. The number of aryl methyl sites for hydroxylation is 1. The zero-order valence-electron chi connectivity index (χ0n) is 15.7. The minimum absolute atomic E-state index is 0.00646. The van der Waals surface area contributed by atoms with E-state index < -0.39 is 24.6 Å². The van der Waals surface area contributed by atoms with E-state index in [-0.39, 0.29) is 52.2 Å². The molecule has 0 spiro atoms. The zero-order chi connectivity index (χ0) is 21.1. The summed E-state index contributed by atoms with van der Waals surface area (Å²) >= 11 is 0. The van der Waals surface area contributed by atoms with E-state index in [0.29, 0.717) is 0 Å². The van der Waals surface area contributed by atoms with Crippen molar-refractivity contribution in [1.82, 2.24) is 0 Å². The molecule has 2 heterocycles. The molecular formula is C20H18F2N2O5. The highest BCUT2D eigenvalue weighted by Gasteiger charge is 2.36. The van der Waals surface area contributed by atoms with Gasteiger partial charge >= 0.3 is 5.63 Å². The summed E-state index contributed by atoms with van der Waals surface area (Å²) in [5.74, 6) is -0.621. The van der Waals surface area contributed by atoms with Crippen molar-refractivity contribution in [2.24, 2.45) is 5.73 Å². The Balaban J connectivity index is 2.28. The van der Waals surface area contributed by atoms with Gasteiger partial charge in [-0.15, -0.1) is 0 Å². The van der Waals surface area contributed by atoms with E-state index in [4.69, 9.17) is 24.4 Å². The fourth-order valence-corrected chi connectivity index (χ4v) is 3.16. The Kier molecular flexibility index (Phi) is 5.73. The molecule has 2 aromatic rings. The number of ether oxygens (including phenoxy) is 3. The number of hydrogen-bond donors (Lipinski definition) is 1. The summed E-state index contributed by atoms with van der Waals surface area (Å²) in [5.41, 5.74) is 5.40. The summed E-state index contributed by atoms with van der Waals surface area (Å²) < 4.78 is 47.1. The number of fused-ring (bicyclic) bond motifs is 1. The van der Waals surface area contributed by atoms with Crippen molar-refractivity contribution in [3.05, 3.63) is 63.0 Å². The molecule has 29 heavy (non-hydrogen) atoms. The second kappa shape index (κ2) is 8.22. The average molecular weight is 404 g/mol. The molecule has 0 saturated carbocycles. The average Bonchev–Trinajstić information content (AvgIpc) is 2.65. The van der Waals surface area contributed by atoms with Gasteiger partial charge in [-0.25, -0.2) is 13.6 Å². The second-order valence-electron chi connectivity index (χ2n) is 6.16. The first kappa shape index (κ1) is 20.2. The summed E-state index contributed by atoms with van der Waals surface area (Å²) in [6.45, 7) is 2.65. The highest BCUT2D eigenvalue weighted by Crippen LogP contribution is 2.46. The van der Waals surface area contributed by atoms with Crippen molar-refractivity contribution in [2.75, 3.05) is 13.2 Å². The number of benzene rings is 1. The molecule has 1 aromatic heterocycles. The van der Waals surface area contributed by atoms with Gasteiger partial charge in [0.25, 0.3) is 6.43 Å². The molecule has 1 aliphatic heterocycles. The van der Waals surface area contributed by atoms with Crippen LogP contribution in [0.4, 0.5) is 8.78 Å². The fraction of sp³-hybridized carbons (Fsp3) is 0.300. The maximum Gasteiger partial charge on any atom is 0.343 e. The summed E-state index contributed by atoms with van der Waals surface area (Å²) in [6, 6.07) is 8.10. The minimum Gasteiger partial charge on any atom is -0.490 e. The van der Waals surface area contributed by atoms with Gasteiger partial charge in [-0.3, -0.25) is 0 Å². The Morgan fingerprint density at radius 3 is 2.76 bits per heavy atom. The molecule has 7 nitrogen and oxygen atoms in total. The maximum atomic E-state index is 12.8. The molecule has 1 aliphatic rings. The molecule has 1 atom stereocenters. The number of alkyl halides is 2. The van der Waals surface area contributed by atoms with Crippen LogP contribution in [0.15, 0.2) is 44.9 Å². The van der Waals surface area contributed by atoms with E-state index in [1.807, 2.05) is 6.07 Å². The molecule has 0 radical (unpaired) electrons. The first-order valence-corrected chi connectivity index (χ1v) is 8.76. The van der Waals surface area contributed by atoms with Crippen LogP contribution < -0.4 is 25.6 Å². The van der Waals surface area contributed by atoms with Gasteiger partial charge < -0.3 is 24.4 Å². The Morgan fingerprint density at radius 1 is 1.34 bits per heavy atom. The lowest BCUT2D eigenvalue weighted by molar-refractivity contribution is 0.0795. The van der Waals surface area contributed by atoms with Crippen LogP contribution >= 0.6 is 0 Å². The molecule has 2 N–H and O–H groups in total. The van der Waals surface area contributed by atoms with Gasteiger partial charge in [-0.1, -0.05) is 12.1 Å². The van der Waals surface area contributed by atoms with Crippen LogP contribution in [0.1, 0.15) is 29.7 Å². The summed E-state index contributed by atoms with van der Waals surface area (Å²) in [7, 11) is 0. The Labute approximate surface area is 164 Å². The third-order valence-corrected chi connectivity index (χ3v) is 4.23. The van der Waals surface area contributed by atoms with E-state index >= 15 is 0 Å². The van der Waals surface area contributed by atoms with Crippen molar-refractivity contribution in [1.29, 1.82) is 5.26 Å². The molecule has 0 bridgehead atoms. The van der Waals surface area contributed by atoms with Crippen molar-refractivity contribution in [3.8, 4) is 23.3 Å². The van der Waals surface area contributed by atoms with E-state index in [1.165, 1.54) is 6.07 Å². The third kappa shape index (κ3) is 3.87. The van der Waals surface area contributed by atoms with E-state index in [0.717, 1.165) is 0 Å². The fourth-order valence-electron chi connectivity index (χ4n) is 3.16. The molecule has 0 saturated heterocycles. The van der Waals surface area contributed by atoms with Crippen LogP contribution in [0.3, 0.4) is 0 Å². The first-order valence-electron chi connectivity index (χ1n) is 8.76. The number of rotatable bonds is 6. The Hall–Kier alpha value is -3.54. The van der Waals surface area contributed by atoms with Crippen LogP contribution in [0.25, 0.3) is 0 Å². The Bertz CT molecular complexity index is 1060. The van der Waals surface area contributed by atoms with Gasteiger partial charge in [0.05, 0.1) is 18.1 Å². The number of nitrogens with two attached hydrogens (primary N) is 1. The number of nitrogens with zero attached hydrogens (tertiary/aromatic N) is 1. The molecule has 0 unspecified atom stereocenters. The highest BCUT2D eigenvalue weighted by atomic mass is 19.3. The zero-order valence-corrected chi connectivity index (χ0v) is 15.7. The molecule has 1 aromatic carbocycles. The van der Waals surface area contributed by atoms with E-state index in [2.05, 4.69) is 0 Å². The van der Waals surface area contributed by atoms with Gasteiger partial charge in [-0.2, -0.15) is 5.26 Å². The SMILES string of the molecule is CCOc1cccc([C@@H]2C(C#N)=C(N)Oc3cc(C)oc(=O)c32)c1OCC(F)F. The van der Waals surface area contributed by atoms with Gasteiger partial charge in [0.1, 0.15) is 29.8 Å². The van der Waals surface area contributed by atoms with Gasteiger partial charge in [0, 0.05) is 11.6 Å². The standard InChI is InChI=1S/C20H18F2N2O5/c1-3-26-13-6-4-5-11(18(13)27-9-15(21)22)16-12(8-23)19(24)29-14-7-10(2)28-20(25)17(14)16/h4-7,15-16H,3,9,24H2,1-2H3/t16-/m1/s1. The number of nitriles is 1. The van der Waals surface area contributed by atoms with Gasteiger partial charge in [-0.05, 0) is 19.9 Å². The largest absolute Gasteiger partial charge is 0.490 e. The van der Waals surface area contributed by atoms with Crippen molar-refractivity contribution in [2.45, 2.75) is 26.2 Å². The lowest BCUT2D eigenvalue weighted by atomic mass is 9.83. The normalized spacial score (nSPS) is 15.5. The van der Waals surface area contributed by atoms with Crippen LogP contribution in [0.2, 0.25) is 0 Å². The quantitative estimate of drug-likeness (QED) is 0.788. The molecule has 0 amide bonds. The monoisotopic (exact) mass is 404 g/mol. The summed E-state index contributed by atoms with van der Waals surface area (Å²) in [4.78, 5) is 12.6. The van der Waals surface area contributed by atoms with Crippen molar-refractivity contribution < 1.29 is 27.4 Å². The van der Waals surface area contributed by atoms with Crippen molar-refractivity contribution in [3.63, 3.8) is 0 Å². The van der Waals surface area contributed by atoms with Crippen molar-refractivity contribution >= 4 is 0 Å². The van der Waals surface area contributed by atoms with E-state index in [1.54, 1.807) is 32.0 Å². The van der Waals surface area contributed by atoms with Crippen LogP contribution in [-0.4, -0.2) is 19.6 Å². The Morgan fingerprint density at radius 2 is 2.10 bits per heavy atom. The second-order valence-corrected chi connectivity index (χ2v) is 6.16. The summed E-state index contributed by atoms with van der Waals surface area (Å²) in [5, 5.41) is 9.65. The van der Waals surface area contributed by atoms with Crippen LogP contribution in [0.5, 0.6) is 17.2 Å². The molecular weight excluding hydrogens is 386 g/mol. The van der Waals surface area contributed by atoms with Crippen LogP contribution in [0, 0.1) is 18.3 Å². The topological polar surface area (TPSA) is 108 Å². The lowest BCUT2D eigenvalue weighted by Gasteiger charge is -2.27. The van der Waals surface area contributed by atoms with Crippen LogP contribution in [-0.2, 0) is 0 Å². The van der Waals surface area contributed by atoms with E-state index in [9.17, 15) is 18.8 Å². The molecule has 152 valence electrons. The smallest absolute Gasteiger partial charge is 0.343 e. The summed E-state index contributed by atoms with van der Waals surface area (Å²) in [6.07, 6.45) is -2.73. The predicted molar refractivity (Wildman–Crippen MR) is 98.1 cm³/mol. The number of allylic oxidation sites excluding steroid dienone is 1. The van der Waals surface area contributed by atoms with Gasteiger partial charge in [0.2, 0.25) is 5.88 Å². The minimum atomic E-state index is -2.73. The maximum absolute atomic E-state index is 12.8. The molecule has 0 fully saturated rings.